The van der Waals surface area contributed by atoms with Crippen LogP contribution in [-0.2, 0) is 0 Å². The highest BCUT2D eigenvalue weighted by atomic mass is 15.2. The van der Waals surface area contributed by atoms with Crippen LogP contribution in [0.25, 0.3) is 0 Å². The van der Waals surface area contributed by atoms with Gasteiger partial charge in [-0.1, -0.05) is 19.8 Å². The van der Waals surface area contributed by atoms with Crippen molar-refractivity contribution in [3.63, 3.8) is 0 Å². The second-order valence-corrected chi connectivity index (χ2v) is 5.08. The molecule has 0 aliphatic carbocycles. The molecular formula is C12H25BN2. The molecule has 0 N–H and O–H groups in total. The standard InChI is InChI=1S/C12H25BN2/c1-2-13(14-9-5-3-6-10-14)15-11-7-4-8-12-15/h2-12H2,1H3. The second kappa shape index (κ2) is 5.90. The number of rotatable bonds is 3. The fourth-order valence-corrected chi connectivity index (χ4v) is 3.18. The summed E-state index contributed by atoms with van der Waals surface area (Å²) < 4.78 is 0. The summed E-state index contributed by atoms with van der Waals surface area (Å²) in [6.45, 7) is 8.48. The summed E-state index contributed by atoms with van der Waals surface area (Å²) in [5.74, 6) is 0. The molecule has 0 atom stereocenters. The molecule has 0 aromatic rings. The Kier molecular flexibility index (Phi) is 4.51. The smallest absolute Gasteiger partial charge is 0.310 e. The Balaban J connectivity index is 1.88. The molecule has 3 heteroatoms. The van der Waals surface area contributed by atoms with Gasteiger partial charge in [-0.2, -0.15) is 0 Å². The minimum absolute atomic E-state index is 0.755. The zero-order valence-electron chi connectivity index (χ0n) is 10.2. The van der Waals surface area contributed by atoms with Crippen LogP contribution in [0.5, 0.6) is 0 Å². The molecule has 2 aliphatic heterocycles. The van der Waals surface area contributed by atoms with E-state index in [1.165, 1.54) is 71.0 Å². The predicted molar refractivity (Wildman–Crippen MR) is 67.1 cm³/mol. The van der Waals surface area contributed by atoms with Crippen LogP contribution in [0.2, 0.25) is 6.32 Å². The highest BCUT2D eigenvalue weighted by Crippen LogP contribution is 2.18. The lowest BCUT2D eigenvalue weighted by atomic mass is 9.66. The molecule has 15 heavy (non-hydrogen) atoms. The maximum atomic E-state index is 2.73. The summed E-state index contributed by atoms with van der Waals surface area (Å²) in [5.41, 5.74) is 0. The van der Waals surface area contributed by atoms with Gasteiger partial charge in [0, 0.05) is 0 Å². The van der Waals surface area contributed by atoms with Crippen molar-refractivity contribution in [1.82, 2.24) is 9.62 Å². The van der Waals surface area contributed by atoms with E-state index < -0.39 is 0 Å². The maximum absolute atomic E-state index is 2.73. The summed E-state index contributed by atoms with van der Waals surface area (Å²) in [5, 5.41) is 0. The molecule has 0 bridgehead atoms. The Hall–Kier alpha value is -0.0151. The van der Waals surface area contributed by atoms with Crippen molar-refractivity contribution in [2.45, 2.75) is 51.8 Å². The summed E-state index contributed by atoms with van der Waals surface area (Å²) in [4.78, 5) is 5.46. The summed E-state index contributed by atoms with van der Waals surface area (Å²) in [7, 11) is 0. The summed E-state index contributed by atoms with van der Waals surface area (Å²) in [6, 6.07) is 0. The van der Waals surface area contributed by atoms with Gasteiger partial charge in [0.2, 0.25) is 0 Å². The second-order valence-electron chi connectivity index (χ2n) is 5.08. The van der Waals surface area contributed by atoms with Gasteiger partial charge in [0.05, 0.1) is 0 Å². The quantitative estimate of drug-likeness (QED) is 0.657. The molecule has 0 aromatic heterocycles. The van der Waals surface area contributed by atoms with Crippen LogP contribution >= 0.6 is 0 Å². The first-order chi connectivity index (χ1) is 7.42. The first-order valence-electron chi connectivity index (χ1n) is 6.90. The number of piperidine rings is 2. The van der Waals surface area contributed by atoms with Crippen LogP contribution in [-0.4, -0.2) is 42.8 Å². The molecule has 0 spiro atoms. The molecule has 2 nitrogen and oxygen atoms in total. The van der Waals surface area contributed by atoms with E-state index >= 15 is 0 Å². The minimum atomic E-state index is 0.755. The molecule has 2 saturated heterocycles. The highest BCUT2D eigenvalue weighted by Gasteiger charge is 2.29. The third-order valence-corrected chi connectivity index (χ3v) is 3.99. The molecule has 2 rings (SSSR count). The SMILES string of the molecule is CCB(N1CCCCC1)N1CCCCC1. The van der Waals surface area contributed by atoms with Gasteiger partial charge in [-0.25, -0.2) is 0 Å². The van der Waals surface area contributed by atoms with E-state index in [4.69, 9.17) is 0 Å². The lowest BCUT2D eigenvalue weighted by molar-refractivity contribution is 0.278. The predicted octanol–water partition coefficient (Wildman–Crippen LogP) is 2.47. The van der Waals surface area contributed by atoms with E-state index in [-0.39, 0.29) is 0 Å². The van der Waals surface area contributed by atoms with Crippen molar-refractivity contribution < 1.29 is 0 Å². The number of nitrogens with zero attached hydrogens (tertiary/aromatic N) is 2. The van der Waals surface area contributed by atoms with Gasteiger partial charge in [-0.05, 0) is 58.2 Å². The van der Waals surface area contributed by atoms with Gasteiger partial charge >= 0.3 is 6.98 Å². The van der Waals surface area contributed by atoms with E-state index in [2.05, 4.69) is 16.5 Å². The monoisotopic (exact) mass is 208 g/mol. The molecule has 0 aromatic carbocycles. The Morgan fingerprint density at radius 1 is 0.733 bits per heavy atom. The third kappa shape index (κ3) is 2.98. The Bertz CT molecular complexity index is 156. The molecule has 0 saturated carbocycles. The zero-order chi connectivity index (χ0) is 10.5. The highest BCUT2D eigenvalue weighted by molar-refractivity contribution is 6.52. The van der Waals surface area contributed by atoms with Crippen molar-refractivity contribution in [2.75, 3.05) is 26.2 Å². The van der Waals surface area contributed by atoms with Crippen LogP contribution in [0.1, 0.15) is 45.4 Å². The fraction of sp³-hybridized carbons (Fsp3) is 1.00. The Morgan fingerprint density at radius 3 is 1.47 bits per heavy atom. The van der Waals surface area contributed by atoms with E-state index in [0.29, 0.717) is 0 Å². The molecule has 2 aliphatic rings. The number of hydrogen-bond donors (Lipinski definition) is 0. The lowest BCUT2D eigenvalue weighted by Crippen LogP contribution is -2.55. The topological polar surface area (TPSA) is 6.48 Å². The first-order valence-corrected chi connectivity index (χ1v) is 6.90. The van der Waals surface area contributed by atoms with E-state index in [0.717, 1.165) is 6.98 Å². The molecule has 0 unspecified atom stereocenters. The van der Waals surface area contributed by atoms with E-state index in [1.54, 1.807) is 0 Å². The van der Waals surface area contributed by atoms with Gasteiger partial charge in [0.25, 0.3) is 0 Å². The molecule has 0 amide bonds. The molecule has 0 radical (unpaired) electrons. The van der Waals surface area contributed by atoms with Gasteiger partial charge in [-0.15, -0.1) is 0 Å². The van der Waals surface area contributed by atoms with Gasteiger partial charge in [-0.3, -0.25) is 0 Å². The van der Waals surface area contributed by atoms with Crippen LogP contribution in [0, 0.1) is 0 Å². The molecule has 86 valence electrons. The molecule has 2 heterocycles. The average molecular weight is 208 g/mol. The Labute approximate surface area is 95.1 Å². The van der Waals surface area contributed by atoms with E-state index in [1.807, 2.05) is 0 Å². The largest absolute Gasteiger partial charge is 0.328 e. The van der Waals surface area contributed by atoms with Crippen LogP contribution in [0.3, 0.4) is 0 Å². The maximum Gasteiger partial charge on any atom is 0.310 e. The van der Waals surface area contributed by atoms with Crippen LogP contribution in [0.4, 0.5) is 0 Å². The lowest BCUT2D eigenvalue weighted by Gasteiger charge is -2.40. The molecular weight excluding hydrogens is 183 g/mol. The van der Waals surface area contributed by atoms with Crippen molar-refractivity contribution in [3.8, 4) is 0 Å². The van der Waals surface area contributed by atoms with Gasteiger partial charge in [0.1, 0.15) is 0 Å². The first kappa shape index (κ1) is 11.5. The zero-order valence-corrected chi connectivity index (χ0v) is 10.2. The van der Waals surface area contributed by atoms with Crippen LogP contribution < -0.4 is 0 Å². The summed E-state index contributed by atoms with van der Waals surface area (Å²) >= 11 is 0. The Morgan fingerprint density at radius 2 is 1.13 bits per heavy atom. The van der Waals surface area contributed by atoms with Crippen LogP contribution in [0.15, 0.2) is 0 Å². The minimum Gasteiger partial charge on any atom is -0.328 e. The normalized spacial score (nSPS) is 25.4. The summed E-state index contributed by atoms with van der Waals surface area (Å²) in [6.07, 6.45) is 9.89. The van der Waals surface area contributed by atoms with Crippen molar-refractivity contribution >= 4 is 6.98 Å². The average Bonchev–Trinajstić information content (AvgIpc) is 2.33. The van der Waals surface area contributed by atoms with Gasteiger partial charge in [0.15, 0.2) is 0 Å². The third-order valence-electron chi connectivity index (χ3n) is 3.99. The fourth-order valence-electron chi connectivity index (χ4n) is 3.18. The van der Waals surface area contributed by atoms with Crippen molar-refractivity contribution in [1.29, 1.82) is 0 Å². The van der Waals surface area contributed by atoms with Gasteiger partial charge < -0.3 is 9.62 Å². The molecule has 2 fully saturated rings. The van der Waals surface area contributed by atoms with Crippen molar-refractivity contribution in [3.05, 3.63) is 0 Å². The van der Waals surface area contributed by atoms with Crippen molar-refractivity contribution in [2.24, 2.45) is 0 Å². The number of hydrogen-bond acceptors (Lipinski definition) is 2. The van der Waals surface area contributed by atoms with E-state index in [9.17, 15) is 0 Å².